The summed E-state index contributed by atoms with van der Waals surface area (Å²) in [5, 5.41) is 3.35. The molecule has 0 heterocycles. The van der Waals surface area contributed by atoms with Crippen molar-refractivity contribution < 1.29 is 9.47 Å². The molecule has 0 saturated heterocycles. The van der Waals surface area contributed by atoms with E-state index in [1.807, 2.05) is 38.2 Å². The summed E-state index contributed by atoms with van der Waals surface area (Å²) < 4.78 is 11.8. The Morgan fingerprint density at radius 2 is 1.90 bits per heavy atom. The lowest BCUT2D eigenvalue weighted by molar-refractivity contribution is 0.338. The molecule has 2 aromatic rings. The second kappa shape index (κ2) is 7.48. The molecule has 0 amide bonds. The van der Waals surface area contributed by atoms with Crippen LogP contribution in [0.3, 0.4) is 0 Å². The van der Waals surface area contributed by atoms with Crippen LogP contribution in [0.1, 0.15) is 24.1 Å². The van der Waals surface area contributed by atoms with E-state index in [1.165, 1.54) is 5.56 Å². The first-order valence-electron chi connectivity index (χ1n) is 6.93. The van der Waals surface area contributed by atoms with Crippen molar-refractivity contribution in [2.75, 3.05) is 20.8 Å². The molecule has 0 aromatic heterocycles. The van der Waals surface area contributed by atoms with Gasteiger partial charge >= 0.3 is 0 Å². The summed E-state index contributed by atoms with van der Waals surface area (Å²) in [6.07, 6.45) is 0. The highest BCUT2D eigenvalue weighted by molar-refractivity contribution is 9.10. The van der Waals surface area contributed by atoms with Gasteiger partial charge in [-0.2, -0.15) is 0 Å². The number of hydrogen-bond acceptors (Lipinski definition) is 3. The van der Waals surface area contributed by atoms with Gasteiger partial charge in [0.1, 0.15) is 11.5 Å². The van der Waals surface area contributed by atoms with Crippen LogP contribution in [-0.2, 0) is 0 Å². The first kappa shape index (κ1) is 15.9. The fourth-order valence-corrected chi connectivity index (χ4v) is 2.83. The lowest BCUT2D eigenvalue weighted by atomic mass is 9.98. The van der Waals surface area contributed by atoms with Crippen LogP contribution in [0.25, 0.3) is 0 Å². The number of ether oxygens (including phenoxy) is 2. The van der Waals surface area contributed by atoms with Gasteiger partial charge in [-0.15, -0.1) is 0 Å². The molecule has 0 aliphatic heterocycles. The molecule has 2 rings (SSSR count). The molecular weight excluding hydrogens is 330 g/mol. The van der Waals surface area contributed by atoms with Crippen molar-refractivity contribution in [2.24, 2.45) is 0 Å². The van der Waals surface area contributed by atoms with Gasteiger partial charge in [-0.25, -0.2) is 0 Å². The number of benzene rings is 2. The highest BCUT2D eigenvalue weighted by Gasteiger charge is 2.14. The summed E-state index contributed by atoms with van der Waals surface area (Å²) in [5.41, 5.74) is 2.33. The second-order valence-corrected chi connectivity index (χ2v) is 5.48. The molecule has 0 radical (unpaired) electrons. The molecular formula is C17H20BrNO2. The summed E-state index contributed by atoms with van der Waals surface area (Å²) in [6.45, 7) is 2.64. The Balaban J connectivity index is 2.34. The first-order chi connectivity index (χ1) is 10.2. The normalized spacial score (nSPS) is 12.0. The highest BCUT2D eigenvalue weighted by Crippen LogP contribution is 2.31. The van der Waals surface area contributed by atoms with Crippen molar-refractivity contribution in [1.82, 2.24) is 5.32 Å². The van der Waals surface area contributed by atoms with Crippen molar-refractivity contribution in [3.05, 3.63) is 58.1 Å². The molecule has 3 nitrogen and oxygen atoms in total. The van der Waals surface area contributed by atoms with Crippen LogP contribution in [0, 0.1) is 0 Å². The lowest BCUT2D eigenvalue weighted by Crippen LogP contribution is -2.17. The molecule has 0 bridgehead atoms. The molecule has 0 spiro atoms. The first-order valence-corrected chi connectivity index (χ1v) is 7.72. The Morgan fingerprint density at radius 3 is 2.52 bits per heavy atom. The van der Waals surface area contributed by atoms with E-state index < -0.39 is 0 Å². The van der Waals surface area contributed by atoms with E-state index in [2.05, 4.69) is 39.4 Å². The summed E-state index contributed by atoms with van der Waals surface area (Å²) in [4.78, 5) is 0. The molecule has 4 heteroatoms. The third-order valence-electron chi connectivity index (χ3n) is 3.30. The van der Waals surface area contributed by atoms with Crippen LogP contribution in [0.4, 0.5) is 0 Å². The lowest BCUT2D eigenvalue weighted by Gasteiger charge is -2.19. The van der Waals surface area contributed by atoms with E-state index in [1.54, 1.807) is 7.11 Å². The van der Waals surface area contributed by atoms with Crippen molar-refractivity contribution >= 4 is 15.9 Å². The van der Waals surface area contributed by atoms with Crippen molar-refractivity contribution in [2.45, 2.75) is 13.0 Å². The maximum atomic E-state index is 5.56. The number of methoxy groups -OCH3 is 1. The average Bonchev–Trinajstić information content (AvgIpc) is 2.51. The zero-order valence-electron chi connectivity index (χ0n) is 12.5. The summed E-state index contributed by atoms with van der Waals surface area (Å²) in [5.74, 6) is 1.72. The number of nitrogens with one attached hydrogen (secondary N) is 1. The van der Waals surface area contributed by atoms with Crippen LogP contribution in [0.5, 0.6) is 11.5 Å². The van der Waals surface area contributed by atoms with Crippen molar-refractivity contribution in [1.29, 1.82) is 0 Å². The number of rotatable bonds is 6. The van der Waals surface area contributed by atoms with E-state index >= 15 is 0 Å². The molecule has 112 valence electrons. The fraction of sp³-hybridized carbons (Fsp3) is 0.294. The topological polar surface area (TPSA) is 30.5 Å². The Bertz CT molecular complexity index is 601. The van der Waals surface area contributed by atoms with Gasteiger partial charge in [0.05, 0.1) is 24.2 Å². The number of halogens is 1. The third kappa shape index (κ3) is 3.77. The zero-order valence-corrected chi connectivity index (χ0v) is 14.1. The Morgan fingerprint density at radius 1 is 1.14 bits per heavy atom. The van der Waals surface area contributed by atoms with Gasteiger partial charge in [-0.1, -0.05) is 18.2 Å². The van der Waals surface area contributed by atoms with E-state index in [0.717, 1.165) is 21.5 Å². The molecule has 0 saturated carbocycles. The van der Waals surface area contributed by atoms with Gasteiger partial charge in [0.25, 0.3) is 0 Å². The van der Waals surface area contributed by atoms with E-state index in [0.29, 0.717) is 6.61 Å². The zero-order chi connectivity index (χ0) is 15.2. The fourth-order valence-electron chi connectivity index (χ4n) is 2.32. The van der Waals surface area contributed by atoms with Gasteiger partial charge in [0.15, 0.2) is 0 Å². The van der Waals surface area contributed by atoms with Crippen LogP contribution < -0.4 is 14.8 Å². The summed E-state index contributed by atoms with van der Waals surface area (Å²) >= 11 is 3.57. The minimum absolute atomic E-state index is 0.104. The Hall–Kier alpha value is -1.52. The molecule has 2 aromatic carbocycles. The van der Waals surface area contributed by atoms with Crippen molar-refractivity contribution in [3.63, 3.8) is 0 Å². The maximum absolute atomic E-state index is 5.56. The molecule has 0 aliphatic carbocycles. The molecule has 21 heavy (non-hydrogen) atoms. The van der Waals surface area contributed by atoms with E-state index in [-0.39, 0.29) is 6.04 Å². The highest BCUT2D eigenvalue weighted by atomic mass is 79.9. The standard InChI is InChI=1S/C17H20BrNO2/c1-4-21-16-9-8-13(11-15(16)18)17(19-2)12-6-5-7-14(10-12)20-3/h5-11,17,19H,4H2,1-3H3. The van der Waals surface area contributed by atoms with Gasteiger partial charge in [-0.05, 0) is 65.3 Å². The van der Waals surface area contributed by atoms with Gasteiger partial charge in [-0.3, -0.25) is 0 Å². The van der Waals surface area contributed by atoms with Gasteiger partial charge in [0.2, 0.25) is 0 Å². The largest absolute Gasteiger partial charge is 0.497 e. The molecule has 0 aliphatic rings. The van der Waals surface area contributed by atoms with E-state index in [9.17, 15) is 0 Å². The second-order valence-electron chi connectivity index (χ2n) is 4.62. The number of hydrogen-bond donors (Lipinski definition) is 1. The molecule has 0 fully saturated rings. The monoisotopic (exact) mass is 349 g/mol. The smallest absolute Gasteiger partial charge is 0.133 e. The van der Waals surface area contributed by atoms with Crippen molar-refractivity contribution in [3.8, 4) is 11.5 Å². The van der Waals surface area contributed by atoms with E-state index in [4.69, 9.17) is 9.47 Å². The minimum Gasteiger partial charge on any atom is -0.497 e. The molecule has 1 N–H and O–H groups in total. The quantitative estimate of drug-likeness (QED) is 0.848. The van der Waals surface area contributed by atoms with Crippen LogP contribution >= 0.6 is 15.9 Å². The minimum atomic E-state index is 0.104. The summed E-state index contributed by atoms with van der Waals surface area (Å²) in [7, 11) is 3.63. The Labute approximate surface area is 134 Å². The predicted octanol–water partition coefficient (Wildman–Crippen LogP) is 4.17. The van der Waals surface area contributed by atoms with Gasteiger partial charge < -0.3 is 14.8 Å². The predicted molar refractivity (Wildman–Crippen MR) is 89.2 cm³/mol. The average molecular weight is 350 g/mol. The SMILES string of the molecule is CCOc1ccc(C(NC)c2cccc(OC)c2)cc1Br. The molecule has 1 unspecified atom stereocenters. The third-order valence-corrected chi connectivity index (χ3v) is 3.92. The van der Waals surface area contributed by atoms with Crippen LogP contribution in [0.2, 0.25) is 0 Å². The summed E-state index contributed by atoms with van der Waals surface area (Å²) in [6, 6.07) is 14.4. The Kier molecular flexibility index (Phi) is 5.65. The molecule has 1 atom stereocenters. The van der Waals surface area contributed by atoms with Gasteiger partial charge in [0, 0.05) is 0 Å². The van der Waals surface area contributed by atoms with Crippen LogP contribution in [0.15, 0.2) is 46.9 Å². The maximum Gasteiger partial charge on any atom is 0.133 e. The van der Waals surface area contributed by atoms with Crippen LogP contribution in [-0.4, -0.2) is 20.8 Å².